The fourth-order valence-electron chi connectivity index (χ4n) is 5.29. The Kier molecular flexibility index (Phi) is 10.1. The van der Waals surface area contributed by atoms with Crippen LogP contribution in [-0.4, -0.2) is 23.3 Å². The molecule has 2 aromatic rings. The molecule has 2 aromatic carbocycles. The van der Waals surface area contributed by atoms with Gasteiger partial charge in [-0.25, -0.2) is 0 Å². The van der Waals surface area contributed by atoms with Gasteiger partial charge in [0.1, 0.15) is 24.7 Å². The number of aliphatic hydroxyl groups excluding tert-OH is 1. The number of ketones is 2. The Morgan fingerprint density at radius 1 is 1.09 bits per heavy atom. The first-order valence-corrected chi connectivity index (χ1v) is 13.3. The van der Waals surface area contributed by atoms with Crippen LogP contribution in [0.3, 0.4) is 0 Å². The van der Waals surface area contributed by atoms with Gasteiger partial charge < -0.3 is 9.84 Å². The van der Waals surface area contributed by atoms with Gasteiger partial charge in [-0.15, -0.1) is 0 Å². The van der Waals surface area contributed by atoms with E-state index in [-0.39, 0.29) is 28.8 Å². The van der Waals surface area contributed by atoms with Gasteiger partial charge in [0.05, 0.1) is 0 Å². The maximum atomic E-state index is 12.5. The zero-order valence-corrected chi connectivity index (χ0v) is 21.7. The monoisotopic (exact) mass is 478 g/mol. The Hall–Kier alpha value is -2.46. The fraction of sp³-hybridized carbons (Fsp3) is 0.548. The summed E-state index contributed by atoms with van der Waals surface area (Å²) in [5, 5.41) is 9.33. The zero-order valence-electron chi connectivity index (χ0n) is 21.7. The second kappa shape index (κ2) is 13.0. The van der Waals surface area contributed by atoms with Gasteiger partial charge in [0.15, 0.2) is 5.78 Å². The van der Waals surface area contributed by atoms with E-state index in [2.05, 4.69) is 39.0 Å². The highest BCUT2D eigenvalue weighted by Gasteiger charge is 2.34. The van der Waals surface area contributed by atoms with Crippen LogP contribution in [0.1, 0.15) is 101 Å². The first kappa shape index (κ1) is 27.1. The van der Waals surface area contributed by atoms with Gasteiger partial charge in [0, 0.05) is 19.3 Å². The molecule has 2 atom stereocenters. The third-order valence-corrected chi connectivity index (χ3v) is 7.56. The topological polar surface area (TPSA) is 63.6 Å². The third kappa shape index (κ3) is 7.76. The van der Waals surface area contributed by atoms with Gasteiger partial charge in [-0.3, -0.25) is 9.59 Å². The minimum atomic E-state index is -0.445. The Morgan fingerprint density at radius 2 is 1.86 bits per heavy atom. The van der Waals surface area contributed by atoms with Gasteiger partial charge in [-0.1, -0.05) is 88.9 Å². The molecule has 35 heavy (non-hydrogen) atoms. The molecule has 0 unspecified atom stereocenters. The highest BCUT2D eigenvalue weighted by molar-refractivity contribution is 5.82. The number of aliphatic hydroxyl groups is 1. The summed E-state index contributed by atoms with van der Waals surface area (Å²) in [5.41, 5.74) is 3.36. The molecule has 0 bridgehead atoms. The summed E-state index contributed by atoms with van der Waals surface area (Å²) >= 11 is 0. The second-order valence-corrected chi connectivity index (χ2v) is 10.8. The summed E-state index contributed by atoms with van der Waals surface area (Å²) in [6.45, 7) is 6.83. The van der Waals surface area contributed by atoms with Crippen LogP contribution in [0.2, 0.25) is 0 Å². The standard InChI is InChI=1S/C31H42O4/c1-4-5-6-10-17-31(2,3)25-14-16-28(30(19-25)35-22-23-11-8-7-9-12-23)29-20-26(33)15-13-24(29)18-27(34)21-32/h7-9,11-12,14,16,19,24,29,32H,4-6,10,13,15,17-18,20-22H2,1-3H3/t24-,29+/m0/s1. The van der Waals surface area contributed by atoms with Crippen LogP contribution in [0.4, 0.5) is 0 Å². The van der Waals surface area contributed by atoms with E-state index in [0.717, 1.165) is 23.3 Å². The number of unbranched alkanes of at least 4 members (excludes halogenated alkanes) is 3. The lowest BCUT2D eigenvalue weighted by molar-refractivity contribution is -0.126. The van der Waals surface area contributed by atoms with Crippen LogP contribution in [0, 0.1) is 5.92 Å². The number of carbonyl (C=O) groups excluding carboxylic acids is 2. The van der Waals surface area contributed by atoms with E-state index in [4.69, 9.17) is 4.74 Å². The number of benzene rings is 2. The maximum absolute atomic E-state index is 12.5. The van der Waals surface area contributed by atoms with Gasteiger partial charge in [0.25, 0.3) is 0 Å². The van der Waals surface area contributed by atoms with Gasteiger partial charge in [-0.05, 0) is 52.8 Å². The van der Waals surface area contributed by atoms with E-state index in [1.807, 2.05) is 30.3 Å². The predicted molar refractivity (Wildman–Crippen MR) is 141 cm³/mol. The van der Waals surface area contributed by atoms with Crippen LogP contribution >= 0.6 is 0 Å². The number of hydrogen-bond donors (Lipinski definition) is 1. The van der Waals surface area contributed by atoms with Crippen molar-refractivity contribution in [2.75, 3.05) is 6.61 Å². The summed E-state index contributed by atoms with van der Waals surface area (Å²) in [5.74, 6) is 0.857. The third-order valence-electron chi connectivity index (χ3n) is 7.56. The van der Waals surface area contributed by atoms with E-state index < -0.39 is 6.61 Å². The van der Waals surface area contributed by atoms with Crippen molar-refractivity contribution < 1.29 is 19.4 Å². The molecule has 4 nitrogen and oxygen atoms in total. The van der Waals surface area contributed by atoms with Crippen molar-refractivity contribution in [2.24, 2.45) is 5.92 Å². The fourth-order valence-corrected chi connectivity index (χ4v) is 5.29. The number of Topliss-reactive ketones (excluding diaryl/α,β-unsaturated/α-hetero) is 2. The first-order valence-electron chi connectivity index (χ1n) is 13.3. The second-order valence-electron chi connectivity index (χ2n) is 10.8. The molecular weight excluding hydrogens is 436 g/mol. The minimum absolute atomic E-state index is 0.0196. The van der Waals surface area contributed by atoms with Crippen LogP contribution in [0.25, 0.3) is 0 Å². The van der Waals surface area contributed by atoms with Crippen molar-refractivity contribution in [1.29, 1.82) is 0 Å². The largest absolute Gasteiger partial charge is 0.489 e. The van der Waals surface area contributed by atoms with E-state index in [1.54, 1.807) is 0 Å². The van der Waals surface area contributed by atoms with E-state index >= 15 is 0 Å². The van der Waals surface area contributed by atoms with Crippen LogP contribution in [0.5, 0.6) is 5.75 Å². The summed E-state index contributed by atoms with van der Waals surface area (Å²) in [6, 6.07) is 16.6. The van der Waals surface area contributed by atoms with Crippen LogP contribution in [0.15, 0.2) is 48.5 Å². The Labute approximate surface area is 211 Å². The number of carbonyl (C=O) groups is 2. The van der Waals surface area contributed by atoms with Crippen LogP contribution < -0.4 is 4.74 Å². The summed E-state index contributed by atoms with van der Waals surface area (Å²) in [7, 11) is 0. The molecule has 0 saturated heterocycles. The quantitative estimate of drug-likeness (QED) is 0.317. The summed E-state index contributed by atoms with van der Waals surface area (Å²) in [4.78, 5) is 24.6. The Bertz CT molecular complexity index is 963. The summed E-state index contributed by atoms with van der Waals surface area (Å²) < 4.78 is 6.42. The van der Waals surface area contributed by atoms with E-state index in [0.29, 0.717) is 32.3 Å². The van der Waals surface area contributed by atoms with Crippen LogP contribution in [-0.2, 0) is 21.6 Å². The highest BCUT2D eigenvalue weighted by atomic mass is 16.5. The maximum Gasteiger partial charge on any atom is 0.158 e. The first-order chi connectivity index (χ1) is 16.8. The highest BCUT2D eigenvalue weighted by Crippen LogP contribution is 2.44. The van der Waals surface area contributed by atoms with Crippen molar-refractivity contribution in [3.8, 4) is 5.75 Å². The molecule has 4 heteroatoms. The van der Waals surface area contributed by atoms with Gasteiger partial charge in [0.2, 0.25) is 0 Å². The van der Waals surface area contributed by atoms with E-state index in [9.17, 15) is 14.7 Å². The van der Waals surface area contributed by atoms with Crippen molar-refractivity contribution in [3.63, 3.8) is 0 Å². The smallest absolute Gasteiger partial charge is 0.158 e. The van der Waals surface area contributed by atoms with Crippen molar-refractivity contribution in [1.82, 2.24) is 0 Å². The molecular formula is C31H42O4. The molecule has 1 aliphatic carbocycles. The number of hydrogen-bond acceptors (Lipinski definition) is 4. The number of rotatable bonds is 13. The lowest BCUT2D eigenvalue weighted by Gasteiger charge is -2.33. The predicted octanol–water partition coefficient (Wildman–Crippen LogP) is 6.92. The molecule has 1 fully saturated rings. The SMILES string of the molecule is CCCCCCC(C)(C)c1ccc([C@@H]2CC(=O)CC[C@H]2CC(=O)CO)c(OCc2ccccc2)c1. The molecule has 0 aromatic heterocycles. The average molecular weight is 479 g/mol. The van der Waals surface area contributed by atoms with Gasteiger partial charge >= 0.3 is 0 Å². The number of ether oxygens (including phenoxy) is 1. The molecule has 3 rings (SSSR count). The lowest BCUT2D eigenvalue weighted by atomic mass is 9.71. The Morgan fingerprint density at radius 3 is 2.57 bits per heavy atom. The van der Waals surface area contributed by atoms with Gasteiger partial charge in [-0.2, -0.15) is 0 Å². The minimum Gasteiger partial charge on any atom is -0.489 e. The normalized spacial score (nSPS) is 18.5. The molecule has 1 saturated carbocycles. The molecule has 1 aliphatic rings. The molecule has 0 heterocycles. The molecule has 0 aliphatic heterocycles. The molecule has 0 radical (unpaired) electrons. The average Bonchev–Trinajstić information content (AvgIpc) is 2.87. The van der Waals surface area contributed by atoms with Crippen molar-refractivity contribution >= 4 is 11.6 Å². The van der Waals surface area contributed by atoms with Crippen molar-refractivity contribution in [3.05, 3.63) is 65.2 Å². The summed E-state index contributed by atoms with van der Waals surface area (Å²) in [6.07, 6.45) is 7.96. The van der Waals surface area contributed by atoms with E-state index in [1.165, 1.54) is 31.2 Å². The lowest BCUT2D eigenvalue weighted by Crippen LogP contribution is -2.27. The molecule has 0 spiro atoms. The molecule has 1 N–H and O–H groups in total. The Balaban J connectivity index is 1.92. The zero-order chi connectivity index (χ0) is 25.3. The molecule has 0 amide bonds. The van der Waals surface area contributed by atoms with Crippen molar-refractivity contribution in [2.45, 2.75) is 96.5 Å². The molecule has 190 valence electrons.